The highest BCUT2D eigenvalue weighted by Crippen LogP contribution is 2.36. The summed E-state index contributed by atoms with van der Waals surface area (Å²) >= 11 is 0. The SMILES string of the molecule is CC(=O)Oc1ccc(N2C(=O)CC(c3c[nH]c4ccccc34)C2=O)cc1. The Morgan fingerprint density at radius 2 is 1.85 bits per heavy atom. The van der Waals surface area contributed by atoms with Crippen molar-refractivity contribution in [2.24, 2.45) is 0 Å². The number of nitrogens with zero attached hydrogens (tertiary/aromatic N) is 1. The van der Waals surface area contributed by atoms with Crippen LogP contribution in [-0.2, 0) is 14.4 Å². The lowest BCUT2D eigenvalue weighted by Crippen LogP contribution is -2.29. The van der Waals surface area contributed by atoms with Crippen molar-refractivity contribution in [3.8, 4) is 5.75 Å². The molecule has 1 unspecified atom stereocenters. The molecule has 1 N–H and O–H groups in total. The van der Waals surface area contributed by atoms with E-state index < -0.39 is 11.9 Å². The van der Waals surface area contributed by atoms with Crippen LogP contribution in [0.1, 0.15) is 24.8 Å². The summed E-state index contributed by atoms with van der Waals surface area (Å²) in [4.78, 5) is 40.8. The number of amides is 2. The summed E-state index contributed by atoms with van der Waals surface area (Å²) in [5.41, 5.74) is 2.24. The molecule has 0 spiro atoms. The number of aromatic nitrogens is 1. The molecule has 3 aromatic rings. The lowest BCUT2D eigenvalue weighted by atomic mass is 9.97. The van der Waals surface area contributed by atoms with E-state index in [1.54, 1.807) is 30.5 Å². The maximum Gasteiger partial charge on any atom is 0.308 e. The monoisotopic (exact) mass is 348 g/mol. The predicted octanol–water partition coefficient (Wildman–Crippen LogP) is 3.14. The van der Waals surface area contributed by atoms with Gasteiger partial charge in [0.2, 0.25) is 11.8 Å². The van der Waals surface area contributed by atoms with Gasteiger partial charge >= 0.3 is 5.97 Å². The summed E-state index contributed by atoms with van der Waals surface area (Å²) in [7, 11) is 0. The molecular weight excluding hydrogens is 332 g/mol. The maximum atomic E-state index is 12.9. The van der Waals surface area contributed by atoms with Crippen LogP contribution in [0.3, 0.4) is 0 Å². The molecule has 1 fully saturated rings. The average Bonchev–Trinajstić information content (AvgIpc) is 3.16. The zero-order valence-electron chi connectivity index (χ0n) is 14.1. The van der Waals surface area contributed by atoms with Gasteiger partial charge in [-0.25, -0.2) is 0 Å². The second-order valence-electron chi connectivity index (χ2n) is 6.20. The molecule has 6 heteroatoms. The van der Waals surface area contributed by atoms with Gasteiger partial charge in [-0.3, -0.25) is 19.3 Å². The predicted molar refractivity (Wildman–Crippen MR) is 95.9 cm³/mol. The van der Waals surface area contributed by atoms with E-state index >= 15 is 0 Å². The molecule has 1 atom stereocenters. The lowest BCUT2D eigenvalue weighted by Gasteiger charge is -2.15. The fourth-order valence-electron chi connectivity index (χ4n) is 3.36. The summed E-state index contributed by atoms with van der Waals surface area (Å²) in [6.45, 7) is 1.31. The van der Waals surface area contributed by atoms with E-state index in [9.17, 15) is 14.4 Å². The molecule has 26 heavy (non-hydrogen) atoms. The number of hydrogen-bond donors (Lipinski definition) is 1. The first-order valence-electron chi connectivity index (χ1n) is 8.26. The van der Waals surface area contributed by atoms with Crippen molar-refractivity contribution in [1.82, 2.24) is 4.98 Å². The number of ether oxygens (including phenoxy) is 1. The maximum absolute atomic E-state index is 12.9. The zero-order valence-corrected chi connectivity index (χ0v) is 14.1. The third-order valence-electron chi connectivity index (χ3n) is 4.50. The highest BCUT2D eigenvalue weighted by atomic mass is 16.5. The van der Waals surface area contributed by atoms with Crippen LogP contribution >= 0.6 is 0 Å². The number of aromatic amines is 1. The van der Waals surface area contributed by atoms with Crippen molar-refractivity contribution >= 4 is 34.4 Å². The van der Waals surface area contributed by atoms with Gasteiger partial charge in [-0.05, 0) is 35.9 Å². The number of carbonyl (C=O) groups excluding carboxylic acids is 3. The Hall–Kier alpha value is -3.41. The fourth-order valence-corrected chi connectivity index (χ4v) is 3.36. The number of nitrogens with one attached hydrogen (secondary N) is 1. The second-order valence-corrected chi connectivity index (χ2v) is 6.20. The number of carbonyl (C=O) groups is 3. The molecule has 2 amide bonds. The Bertz CT molecular complexity index is 1020. The Labute approximate surface area is 149 Å². The van der Waals surface area contributed by atoms with Crippen molar-refractivity contribution in [3.05, 3.63) is 60.3 Å². The smallest absolute Gasteiger partial charge is 0.308 e. The number of para-hydroxylation sites is 1. The van der Waals surface area contributed by atoms with Gasteiger partial charge < -0.3 is 9.72 Å². The minimum Gasteiger partial charge on any atom is -0.427 e. The molecule has 6 nitrogen and oxygen atoms in total. The van der Waals surface area contributed by atoms with Crippen molar-refractivity contribution in [3.63, 3.8) is 0 Å². The first-order chi connectivity index (χ1) is 12.5. The fraction of sp³-hybridized carbons (Fsp3) is 0.150. The van der Waals surface area contributed by atoms with Gasteiger partial charge in [0.05, 0.1) is 11.6 Å². The number of imide groups is 1. The van der Waals surface area contributed by atoms with Crippen LogP contribution < -0.4 is 9.64 Å². The molecule has 0 bridgehead atoms. The quantitative estimate of drug-likeness (QED) is 0.448. The Balaban J connectivity index is 1.64. The van der Waals surface area contributed by atoms with E-state index in [-0.39, 0.29) is 18.2 Å². The largest absolute Gasteiger partial charge is 0.427 e. The normalized spacial score (nSPS) is 17.1. The van der Waals surface area contributed by atoms with Gasteiger partial charge in [0.15, 0.2) is 0 Å². The summed E-state index contributed by atoms with van der Waals surface area (Å²) in [6, 6.07) is 14.0. The summed E-state index contributed by atoms with van der Waals surface area (Å²) in [5, 5.41) is 0.950. The number of fused-ring (bicyclic) bond motifs is 1. The number of hydrogen-bond acceptors (Lipinski definition) is 4. The first-order valence-corrected chi connectivity index (χ1v) is 8.26. The molecule has 1 saturated heterocycles. The van der Waals surface area contributed by atoms with Gasteiger partial charge in [0.1, 0.15) is 5.75 Å². The van der Waals surface area contributed by atoms with Crippen LogP contribution in [0.4, 0.5) is 5.69 Å². The number of anilines is 1. The van der Waals surface area contributed by atoms with Crippen LogP contribution in [0.25, 0.3) is 10.9 Å². The standard InChI is InChI=1S/C20H16N2O4/c1-12(23)26-14-8-6-13(7-9-14)22-19(24)10-16(20(22)25)17-11-21-18-5-3-2-4-15(17)18/h2-9,11,16,21H,10H2,1H3. The Kier molecular flexibility index (Phi) is 3.80. The highest BCUT2D eigenvalue weighted by molar-refractivity contribution is 6.23. The van der Waals surface area contributed by atoms with Crippen LogP contribution in [-0.4, -0.2) is 22.8 Å². The minimum absolute atomic E-state index is 0.131. The minimum atomic E-state index is -0.508. The van der Waals surface area contributed by atoms with Gasteiger partial charge in [-0.15, -0.1) is 0 Å². The molecular formula is C20H16N2O4. The van der Waals surface area contributed by atoms with E-state index in [1.165, 1.54) is 11.8 Å². The van der Waals surface area contributed by atoms with Crippen molar-refractivity contribution < 1.29 is 19.1 Å². The molecule has 4 rings (SSSR count). The zero-order chi connectivity index (χ0) is 18.3. The summed E-state index contributed by atoms with van der Waals surface area (Å²) in [6.07, 6.45) is 1.93. The summed E-state index contributed by atoms with van der Waals surface area (Å²) in [5.74, 6) is -1.06. The van der Waals surface area contributed by atoms with Crippen LogP contribution in [0.15, 0.2) is 54.7 Å². The van der Waals surface area contributed by atoms with Gasteiger partial charge in [0.25, 0.3) is 0 Å². The molecule has 0 radical (unpaired) electrons. The lowest BCUT2D eigenvalue weighted by molar-refractivity contribution is -0.132. The molecule has 0 saturated carbocycles. The molecule has 1 aliphatic heterocycles. The van der Waals surface area contributed by atoms with Crippen molar-refractivity contribution in [2.75, 3.05) is 4.90 Å². The van der Waals surface area contributed by atoms with Crippen LogP contribution in [0, 0.1) is 0 Å². The topological polar surface area (TPSA) is 79.5 Å². The summed E-state index contributed by atoms with van der Waals surface area (Å²) < 4.78 is 4.98. The molecule has 2 aromatic carbocycles. The van der Waals surface area contributed by atoms with E-state index in [0.29, 0.717) is 11.4 Å². The van der Waals surface area contributed by atoms with Crippen molar-refractivity contribution in [1.29, 1.82) is 0 Å². The van der Waals surface area contributed by atoms with E-state index in [4.69, 9.17) is 4.74 Å². The molecule has 1 aromatic heterocycles. The van der Waals surface area contributed by atoms with Gasteiger partial charge in [-0.1, -0.05) is 18.2 Å². The third-order valence-corrected chi connectivity index (χ3v) is 4.50. The van der Waals surface area contributed by atoms with E-state index in [1.807, 2.05) is 24.3 Å². The first kappa shape index (κ1) is 16.1. The van der Waals surface area contributed by atoms with E-state index in [2.05, 4.69) is 4.98 Å². The Morgan fingerprint density at radius 3 is 2.58 bits per heavy atom. The number of esters is 1. The van der Waals surface area contributed by atoms with Crippen LogP contribution in [0.5, 0.6) is 5.75 Å². The molecule has 1 aliphatic rings. The van der Waals surface area contributed by atoms with Crippen molar-refractivity contribution in [2.45, 2.75) is 19.3 Å². The van der Waals surface area contributed by atoms with Gasteiger partial charge in [-0.2, -0.15) is 0 Å². The third kappa shape index (κ3) is 2.65. The van der Waals surface area contributed by atoms with Gasteiger partial charge in [0, 0.05) is 30.4 Å². The number of rotatable bonds is 3. The Morgan fingerprint density at radius 1 is 1.12 bits per heavy atom. The highest BCUT2D eigenvalue weighted by Gasteiger charge is 2.41. The molecule has 130 valence electrons. The van der Waals surface area contributed by atoms with E-state index in [0.717, 1.165) is 16.5 Å². The molecule has 2 heterocycles. The van der Waals surface area contributed by atoms with Crippen LogP contribution in [0.2, 0.25) is 0 Å². The average molecular weight is 348 g/mol. The number of benzene rings is 2. The molecule has 0 aliphatic carbocycles. The number of H-pyrrole nitrogens is 1. The second kappa shape index (κ2) is 6.15.